The average molecular weight is 194 g/mol. The zero-order valence-electron chi connectivity index (χ0n) is 8.84. The zero-order chi connectivity index (χ0) is 10.1. The number of fused-ring (bicyclic) bond motifs is 2. The smallest absolute Gasteiger partial charge is 0.0350 e. The minimum atomic E-state index is 0.920. The van der Waals surface area contributed by atoms with Crippen LogP contribution in [0.25, 0.3) is 5.57 Å². The van der Waals surface area contributed by atoms with Crippen LogP contribution in [-0.2, 0) is 6.42 Å². The summed E-state index contributed by atoms with van der Waals surface area (Å²) in [5, 5.41) is 0. The Bertz CT molecular complexity index is 480. The van der Waals surface area contributed by atoms with Crippen LogP contribution in [0, 0.1) is 11.8 Å². The molecule has 15 heavy (non-hydrogen) atoms. The van der Waals surface area contributed by atoms with Gasteiger partial charge in [0.2, 0.25) is 0 Å². The van der Waals surface area contributed by atoms with Crippen LogP contribution in [0.5, 0.6) is 0 Å². The van der Waals surface area contributed by atoms with Gasteiger partial charge in [-0.1, -0.05) is 36.1 Å². The molecule has 0 heteroatoms. The van der Waals surface area contributed by atoms with Gasteiger partial charge in [-0.25, -0.2) is 0 Å². The number of benzene rings is 1. The van der Waals surface area contributed by atoms with Gasteiger partial charge in [0.15, 0.2) is 0 Å². The van der Waals surface area contributed by atoms with Crippen LogP contribution in [0.2, 0.25) is 0 Å². The SMILES string of the molecule is C1#CC2=C(CCCC2)c2ccccc2C1. The molecule has 0 bridgehead atoms. The molecule has 0 aliphatic heterocycles. The summed E-state index contributed by atoms with van der Waals surface area (Å²) < 4.78 is 0. The third-order valence-corrected chi connectivity index (χ3v) is 3.33. The fourth-order valence-electron chi connectivity index (χ4n) is 2.56. The van der Waals surface area contributed by atoms with Gasteiger partial charge in [0.1, 0.15) is 0 Å². The summed E-state index contributed by atoms with van der Waals surface area (Å²) in [6.07, 6.45) is 5.98. The quantitative estimate of drug-likeness (QED) is 0.554. The van der Waals surface area contributed by atoms with Crippen molar-refractivity contribution in [3.05, 3.63) is 41.0 Å². The Morgan fingerprint density at radius 1 is 1.00 bits per heavy atom. The largest absolute Gasteiger partial charge is 0.0934 e. The fourth-order valence-corrected chi connectivity index (χ4v) is 2.56. The summed E-state index contributed by atoms with van der Waals surface area (Å²) >= 11 is 0. The first-order valence-corrected chi connectivity index (χ1v) is 5.74. The molecule has 1 aromatic rings. The van der Waals surface area contributed by atoms with Gasteiger partial charge in [-0.15, -0.1) is 0 Å². The Hall–Kier alpha value is -1.48. The molecule has 3 rings (SSSR count). The first-order chi connectivity index (χ1) is 7.45. The maximum absolute atomic E-state index is 3.36. The lowest BCUT2D eigenvalue weighted by atomic mass is 9.86. The minimum Gasteiger partial charge on any atom is -0.0934 e. The number of rotatable bonds is 0. The van der Waals surface area contributed by atoms with Gasteiger partial charge in [-0.2, -0.15) is 0 Å². The maximum atomic E-state index is 3.36. The number of hydrogen-bond donors (Lipinski definition) is 0. The third-order valence-electron chi connectivity index (χ3n) is 3.33. The molecular weight excluding hydrogens is 180 g/mol. The Kier molecular flexibility index (Phi) is 2.10. The van der Waals surface area contributed by atoms with Crippen molar-refractivity contribution in [1.29, 1.82) is 0 Å². The van der Waals surface area contributed by atoms with E-state index in [1.165, 1.54) is 48.0 Å². The van der Waals surface area contributed by atoms with Gasteiger partial charge in [0, 0.05) is 12.0 Å². The van der Waals surface area contributed by atoms with Crippen LogP contribution < -0.4 is 0 Å². The summed E-state index contributed by atoms with van der Waals surface area (Å²) in [5.41, 5.74) is 5.80. The maximum Gasteiger partial charge on any atom is 0.0350 e. The van der Waals surface area contributed by atoms with E-state index in [4.69, 9.17) is 0 Å². The minimum absolute atomic E-state index is 0.920. The second-order valence-electron chi connectivity index (χ2n) is 4.30. The van der Waals surface area contributed by atoms with Gasteiger partial charge < -0.3 is 0 Å². The highest BCUT2D eigenvalue weighted by atomic mass is 14.2. The second-order valence-corrected chi connectivity index (χ2v) is 4.30. The van der Waals surface area contributed by atoms with Gasteiger partial charge >= 0.3 is 0 Å². The van der Waals surface area contributed by atoms with E-state index in [1.807, 2.05) is 0 Å². The van der Waals surface area contributed by atoms with E-state index >= 15 is 0 Å². The molecule has 0 saturated heterocycles. The van der Waals surface area contributed by atoms with Gasteiger partial charge in [-0.3, -0.25) is 0 Å². The van der Waals surface area contributed by atoms with Crippen molar-refractivity contribution in [2.75, 3.05) is 0 Å². The molecule has 74 valence electrons. The number of hydrogen-bond acceptors (Lipinski definition) is 0. The number of allylic oxidation sites excluding steroid dienone is 2. The van der Waals surface area contributed by atoms with E-state index in [1.54, 1.807) is 0 Å². The summed E-state index contributed by atoms with van der Waals surface area (Å²) in [6, 6.07) is 8.73. The van der Waals surface area contributed by atoms with Crippen molar-refractivity contribution >= 4 is 5.57 Å². The lowest BCUT2D eigenvalue weighted by molar-refractivity contribution is 0.727. The fraction of sp³-hybridized carbons (Fsp3) is 0.333. The molecule has 0 atom stereocenters. The molecule has 0 heterocycles. The van der Waals surface area contributed by atoms with Crippen LogP contribution in [0.15, 0.2) is 29.8 Å². The van der Waals surface area contributed by atoms with Crippen LogP contribution >= 0.6 is 0 Å². The molecule has 0 radical (unpaired) electrons. The highest BCUT2D eigenvalue weighted by Crippen LogP contribution is 2.34. The summed E-state index contributed by atoms with van der Waals surface area (Å²) in [5.74, 6) is 6.65. The summed E-state index contributed by atoms with van der Waals surface area (Å²) in [7, 11) is 0. The van der Waals surface area contributed by atoms with Crippen LogP contribution in [0.1, 0.15) is 36.8 Å². The van der Waals surface area contributed by atoms with E-state index in [0.717, 1.165) is 6.42 Å². The van der Waals surface area contributed by atoms with Crippen LogP contribution in [0.3, 0.4) is 0 Å². The molecule has 0 saturated carbocycles. The van der Waals surface area contributed by atoms with Crippen molar-refractivity contribution in [3.8, 4) is 11.8 Å². The first kappa shape index (κ1) is 8.80. The molecule has 0 amide bonds. The topological polar surface area (TPSA) is 0 Å². The first-order valence-electron chi connectivity index (χ1n) is 5.74. The van der Waals surface area contributed by atoms with Gasteiger partial charge in [-0.05, 0) is 42.4 Å². The molecule has 2 aliphatic rings. The lowest BCUT2D eigenvalue weighted by Crippen LogP contribution is -1.99. The van der Waals surface area contributed by atoms with E-state index in [-0.39, 0.29) is 0 Å². The Balaban J connectivity index is 2.20. The predicted octanol–water partition coefficient (Wildman–Crippen LogP) is 3.57. The summed E-state index contributed by atoms with van der Waals surface area (Å²) in [4.78, 5) is 0. The monoisotopic (exact) mass is 194 g/mol. The Morgan fingerprint density at radius 3 is 2.87 bits per heavy atom. The van der Waals surface area contributed by atoms with E-state index in [2.05, 4.69) is 36.1 Å². The Labute approximate surface area is 91.0 Å². The van der Waals surface area contributed by atoms with Gasteiger partial charge in [0.25, 0.3) is 0 Å². The molecule has 0 N–H and O–H groups in total. The van der Waals surface area contributed by atoms with Crippen LogP contribution in [-0.4, -0.2) is 0 Å². The van der Waals surface area contributed by atoms with Crippen molar-refractivity contribution in [3.63, 3.8) is 0 Å². The normalized spacial score (nSPS) is 18.4. The Morgan fingerprint density at radius 2 is 1.87 bits per heavy atom. The molecule has 0 aromatic heterocycles. The van der Waals surface area contributed by atoms with E-state index < -0.39 is 0 Å². The zero-order valence-corrected chi connectivity index (χ0v) is 8.84. The average Bonchev–Trinajstić information content (AvgIpc) is 2.48. The molecule has 0 nitrogen and oxygen atoms in total. The second kappa shape index (κ2) is 3.59. The molecule has 0 spiro atoms. The van der Waals surface area contributed by atoms with Crippen molar-refractivity contribution < 1.29 is 0 Å². The lowest BCUT2D eigenvalue weighted by Gasteiger charge is -2.17. The van der Waals surface area contributed by atoms with Gasteiger partial charge in [0.05, 0.1) is 0 Å². The molecule has 0 fully saturated rings. The summed E-state index contributed by atoms with van der Waals surface area (Å²) in [6.45, 7) is 0. The standard InChI is InChI=1S/C15H14/c1-3-10-14-12(6-1)8-5-9-13-7-2-4-11-15(13)14/h1,3,6,10H,2,4,7-8,11H2. The van der Waals surface area contributed by atoms with Crippen molar-refractivity contribution in [2.24, 2.45) is 0 Å². The molecule has 0 unspecified atom stereocenters. The van der Waals surface area contributed by atoms with Crippen molar-refractivity contribution in [1.82, 2.24) is 0 Å². The van der Waals surface area contributed by atoms with Crippen molar-refractivity contribution in [2.45, 2.75) is 32.1 Å². The highest BCUT2D eigenvalue weighted by molar-refractivity contribution is 5.76. The third kappa shape index (κ3) is 1.49. The van der Waals surface area contributed by atoms with E-state index in [9.17, 15) is 0 Å². The highest BCUT2D eigenvalue weighted by Gasteiger charge is 2.16. The molecule has 1 aromatic carbocycles. The molecule has 2 aliphatic carbocycles. The van der Waals surface area contributed by atoms with E-state index in [0.29, 0.717) is 0 Å². The molecular formula is C15H14. The predicted molar refractivity (Wildman–Crippen MR) is 63.3 cm³/mol. The van der Waals surface area contributed by atoms with Crippen LogP contribution in [0.4, 0.5) is 0 Å².